The van der Waals surface area contributed by atoms with E-state index in [0.717, 1.165) is 29.3 Å². The minimum Gasteiger partial charge on any atom is -0.506 e. The average molecular weight is 447 g/mol. The second-order valence-corrected chi connectivity index (χ2v) is 10.2. The van der Waals surface area contributed by atoms with E-state index in [4.69, 9.17) is 4.74 Å². The van der Waals surface area contributed by atoms with Gasteiger partial charge in [-0.25, -0.2) is 0 Å². The summed E-state index contributed by atoms with van der Waals surface area (Å²) >= 11 is 2.11. The lowest BCUT2D eigenvalue weighted by molar-refractivity contribution is -0.108. The van der Waals surface area contributed by atoms with E-state index in [0.29, 0.717) is 29.7 Å². The molecule has 2 aliphatic heterocycles. The van der Waals surface area contributed by atoms with Gasteiger partial charge >= 0.3 is 0 Å². The first-order valence-electron chi connectivity index (χ1n) is 10.0. The highest BCUT2D eigenvalue weighted by molar-refractivity contribution is 8.16. The van der Waals surface area contributed by atoms with Gasteiger partial charge in [-0.3, -0.25) is 9.59 Å². The zero-order valence-electron chi connectivity index (χ0n) is 18.3. The number of aliphatic hydroxyl groups is 1. The van der Waals surface area contributed by atoms with Crippen molar-refractivity contribution in [3.63, 3.8) is 0 Å². The summed E-state index contributed by atoms with van der Waals surface area (Å²) in [5.41, 5.74) is 2.59. The third kappa shape index (κ3) is 4.54. The number of carbonyl (C=O) groups is 2. The molecule has 4 nitrogen and oxygen atoms in total. The van der Waals surface area contributed by atoms with Crippen molar-refractivity contribution in [2.24, 2.45) is 0 Å². The summed E-state index contributed by atoms with van der Waals surface area (Å²) in [6.45, 7) is 17.1. The minimum atomic E-state index is -1.42. The zero-order valence-corrected chi connectivity index (χ0v) is 20.0. The molecule has 0 aromatic rings. The summed E-state index contributed by atoms with van der Waals surface area (Å²) in [5, 5.41) is 10.8. The molecular weight excluding hydrogens is 416 g/mol. The van der Waals surface area contributed by atoms with Crippen LogP contribution in [0.15, 0.2) is 71.3 Å². The lowest BCUT2D eigenvalue weighted by Crippen LogP contribution is -2.32. The van der Waals surface area contributed by atoms with Crippen LogP contribution in [-0.4, -0.2) is 25.0 Å². The number of ether oxygens (including phenoxy) is 1. The van der Waals surface area contributed by atoms with E-state index in [-0.39, 0.29) is 16.0 Å². The molecule has 162 valence electrons. The highest BCUT2D eigenvalue weighted by atomic mass is 32.2. The summed E-state index contributed by atoms with van der Waals surface area (Å²) in [6, 6.07) is 0. The van der Waals surface area contributed by atoms with E-state index in [1.54, 1.807) is 18.2 Å². The molecule has 0 amide bonds. The predicted molar refractivity (Wildman–Crippen MR) is 127 cm³/mol. The lowest BCUT2D eigenvalue weighted by Gasteiger charge is -2.32. The fourth-order valence-electron chi connectivity index (χ4n) is 3.48. The van der Waals surface area contributed by atoms with Gasteiger partial charge in [-0.1, -0.05) is 74.6 Å². The summed E-state index contributed by atoms with van der Waals surface area (Å²) < 4.78 is 5.73. The quantitative estimate of drug-likeness (QED) is 0.405. The Hall–Kier alpha value is -1.92. The summed E-state index contributed by atoms with van der Waals surface area (Å²) in [4.78, 5) is 24.1. The van der Waals surface area contributed by atoms with Crippen LogP contribution in [0, 0.1) is 0 Å². The van der Waals surface area contributed by atoms with Crippen LogP contribution in [0.2, 0.25) is 0 Å². The van der Waals surface area contributed by atoms with Crippen LogP contribution in [-0.2, 0) is 14.3 Å². The van der Waals surface area contributed by atoms with Crippen molar-refractivity contribution < 1.29 is 19.4 Å². The molecule has 0 aliphatic carbocycles. The first-order valence-corrected chi connectivity index (χ1v) is 11.7. The SMILES string of the molecule is C=C/C(C)=C/[C@@]1(C)SC(=O)C(CC)=C1O[C@]1(/C=C(\C)C=C)SC(=O)C(CCC)=C1O. The van der Waals surface area contributed by atoms with Crippen molar-refractivity contribution in [3.8, 4) is 0 Å². The molecule has 2 heterocycles. The van der Waals surface area contributed by atoms with E-state index in [2.05, 4.69) is 13.2 Å². The Morgan fingerprint density at radius 3 is 2.13 bits per heavy atom. The normalized spacial score (nSPS) is 27.9. The number of allylic oxidation sites excluding steroid dienone is 4. The van der Waals surface area contributed by atoms with Crippen LogP contribution >= 0.6 is 23.5 Å². The highest BCUT2D eigenvalue weighted by Crippen LogP contribution is 2.54. The molecule has 0 fully saturated rings. The Balaban J connectivity index is 2.71. The zero-order chi connectivity index (χ0) is 22.7. The van der Waals surface area contributed by atoms with Crippen molar-refractivity contribution in [2.45, 2.75) is 63.6 Å². The first kappa shape index (κ1) is 24.4. The third-order valence-corrected chi connectivity index (χ3v) is 7.34. The predicted octanol–water partition coefficient (Wildman–Crippen LogP) is 6.55. The molecule has 0 unspecified atom stereocenters. The Bertz CT molecular complexity index is 906. The van der Waals surface area contributed by atoms with Crippen LogP contribution in [0.3, 0.4) is 0 Å². The molecule has 2 aliphatic rings. The number of carbonyl (C=O) groups excluding carboxylic acids is 2. The van der Waals surface area contributed by atoms with E-state index in [9.17, 15) is 14.7 Å². The van der Waals surface area contributed by atoms with Gasteiger partial charge in [0.25, 0.3) is 0 Å². The van der Waals surface area contributed by atoms with Gasteiger partial charge in [0.05, 0.1) is 4.75 Å². The summed E-state index contributed by atoms with van der Waals surface area (Å²) in [5.74, 6) is 0.374. The van der Waals surface area contributed by atoms with Crippen molar-refractivity contribution in [2.75, 3.05) is 0 Å². The molecule has 0 bridgehead atoms. The fraction of sp³-hybridized carbons (Fsp3) is 0.417. The Labute approximate surface area is 187 Å². The van der Waals surface area contributed by atoms with E-state index in [1.165, 1.54) is 11.8 Å². The maximum atomic E-state index is 12.8. The maximum absolute atomic E-state index is 12.8. The van der Waals surface area contributed by atoms with Gasteiger partial charge in [0.2, 0.25) is 15.2 Å². The number of hydrogen-bond acceptors (Lipinski definition) is 6. The fourth-order valence-corrected chi connectivity index (χ4v) is 5.92. The number of aliphatic hydroxyl groups excluding tert-OH is 1. The van der Waals surface area contributed by atoms with Crippen molar-refractivity contribution in [3.05, 3.63) is 71.3 Å². The standard InChI is InChI=1S/C24H30O4S2/c1-8-12-18-19(25)24(30-22(18)27,14-16(6)10-3)28-20-17(11-4)21(26)29-23(20,7)13-15(5)9-2/h9-10,13-14,25H,2-3,8,11-12H2,1,4-7H3/b15-13+,16-14+/t23-,24-/m1/s1. The van der Waals surface area contributed by atoms with Gasteiger partial charge in [0.1, 0.15) is 5.76 Å². The van der Waals surface area contributed by atoms with E-state index < -0.39 is 9.68 Å². The van der Waals surface area contributed by atoms with Crippen molar-refractivity contribution >= 4 is 33.8 Å². The third-order valence-electron chi connectivity index (χ3n) is 5.05. The van der Waals surface area contributed by atoms with Gasteiger partial charge in [-0.2, -0.15) is 0 Å². The van der Waals surface area contributed by atoms with Gasteiger partial charge in [-0.05, 0) is 51.5 Å². The van der Waals surface area contributed by atoms with Crippen LogP contribution in [0.1, 0.15) is 53.9 Å². The van der Waals surface area contributed by atoms with Gasteiger partial charge in [0, 0.05) is 11.1 Å². The van der Waals surface area contributed by atoms with Crippen LogP contribution in [0.4, 0.5) is 0 Å². The van der Waals surface area contributed by atoms with Crippen LogP contribution < -0.4 is 0 Å². The van der Waals surface area contributed by atoms with Gasteiger partial charge in [0.15, 0.2) is 5.76 Å². The lowest BCUT2D eigenvalue weighted by atomic mass is 9.99. The van der Waals surface area contributed by atoms with Gasteiger partial charge < -0.3 is 9.84 Å². The number of rotatable bonds is 9. The maximum Gasteiger partial charge on any atom is 0.238 e. The van der Waals surface area contributed by atoms with Crippen LogP contribution in [0.5, 0.6) is 0 Å². The minimum absolute atomic E-state index is 0.0609. The van der Waals surface area contributed by atoms with Crippen LogP contribution in [0.25, 0.3) is 0 Å². The molecule has 2 atom stereocenters. The molecular formula is C24H30O4S2. The molecule has 0 saturated heterocycles. The first-order chi connectivity index (χ1) is 14.1. The highest BCUT2D eigenvalue weighted by Gasteiger charge is 2.52. The second kappa shape index (κ2) is 9.48. The monoisotopic (exact) mass is 446 g/mol. The number of hydrogen-bond donors (Lipinski definition) is 1. The number of thioether (sulfide) groups is 2. The molecule has 0 saturated carbocycles. The second-order valence-electron chi connectivity index (χ2n) is 7.58. The van der Waals surface area contributed by atoms with Crippen molar-refractivity contribution in [1.29, 1.82) is 0 Å². The summed E-state index contributed by atoms with van der Waals surface area (Å²) in [7, 11) is 0. The molecule has 1 N–H and O–H groups in total. The molecule has 0 radical (unpaired) electrons. The summed E-state index contributed by atoms with van der Waals surface area (Å²) in [6.07, 6.45) is 8.69. The molecule has 0 aromatic carbocycles. The van der Waals surface area contributed by atoms with E-state index >= 15 is 0 Å². The smallest absolute Gasteiger partial charge is 0.238 e. The molecule has 0 aromatic heterocycles. The molecule has 0 spiro atoms. The Kier molecular flexibility index (Phi) is 7.69. The Morgan fingerprint density at radius 2 is 1.60 bits per heavy atom. The average Bonchev–Trinajstić information content (AvgIpc) is 3.05. The molecule has 30 heavy (non-hydrogen) atoms. The molecule has 6 heteroatoms. The Morgan fingerprint density at radius 1 is 1.03 bits per heavy atom. The van der Waals surface area contributed by atoms with Crippen molar-refractivity contribution in [1.82, 2.24) is 0 Å². The topological polar surface area (TPSA) is 63.6 Å². The molecule has 2 rings (SSSR count). The van der Waals surface area contributed by atoms with Gasteiger partial charge in [-0.15, -0.1) is 0 Å². The largest absolute Gasteiger partial charge is 0.506 e. The van der Waals surface area contributed by atoms with E-state index in [1.807, 2.05) is 40.7 Å².